The molecule has 2 aromatic heterocycles. The minimum atomic E-state index is 0.0733. The molecule has 0 aliphatic rings. The van der Waals surface area contributed by atoms with Crippen molar-refractivity contribution in [3.63, 3.8) is 0 Å². The molecule has 0 aliphatic carbocycles. The summed E-state index contributed by atoms with van der Waals surface area (Å²) in [7, 11) is 0. The van der Waals surface area contributed by atoms with Crippen LogP contribution in [0.3, 0.4) is 0 Å². The van der Waals surface area contributed by atoms with Crippen molar-refractivity contribution >= 4 is 0 Å². The van der Waals surface area contributed by atoms with Crippen LogP contribution < -0.4 is 5.32 Å². The summed E-state index contributed by atoms with van der Waals surface area (Å²) in [5.41, 5.74) is 1.84. The Balaban J connectivity index is 2.23. The highest BCUT2D eigenvalue weighted by Crippen LogP contribution is 2.20. The second-order valence-electron chi connectivity index (χ2n) is 3.91. The van der Waals surface area contributed by atoms with Crippen molar-refractivity contribution in [2.75, 3.05) is 6.54 Å². The Hall–Kier alpha value is -1.75. The topological polar surface area (TPSA) is 63.8 Å². The first-order valence-corrected chi connectivity index (χ1v) is 5.70. The van der Waals surface area contributed by atoms with Gasteiger partial charge >= 0.3 is 0 Å². The molecular weight excluding hydrogens is 216 g/mol. The van der Waals surface area contributed by atoms with E-state index < -0.39 is 0 Å². The summed E-state index contributed by atoms with van der Waals surface area (Å²) in [6.45, 7) is 6.84. The lowest BCUT2D eigenvalue weighted by Gasteiger charge is -2.05. The molecule has 90 valence electrons. The highest BCUT2D eigenvalue weighted by Gasteiger charge is 2.13. The summed E-state index contributed by atoms with van der Waals surface area (Å²) in [5.74, 6) is 1.14. The third-order valence-corrected chi connectivity index (χ3v) is 2.46. The molecule has 1 N–H and O–H groups in total. The third kappa shape index (κ3) is 2.68. The monoisotopic (exact) mass is 232 g/mol. The van der Waals surface area contributed by atoms with Gasteiger partial charge in [0.2, 0.25) is 11.8 Å². The van der Waals surface area contributed by atoms with Gasteiger partial charge in [0.05, 0.1) is 6.04 Å². The van der Waals surface area contributed by atoms with Gasteiger partial charge in [-0.05, 0) is 32.5 Å². The van der Waals surface area contributed by atoms with E-state index in [1.807, 2.05) is 32.9 Å². The number of pyridine rings is 1. The molecule has 0 saturated heterocycles. The van der Waals surface area contributed by atoms with E-state index in [2.05, 4.69) is 20.5 Å². The largest absolute Gasteiger partial charge is 0.419 e. The van der Waals surface area contributed by atoms with E-state index >= 15 is 0 Å². The molecule has 0 amide bonds. The van der Waals surface area contributed by atoms with E-state index in [-0.39, 0.29) is 6.04 Å². The van der Waals surface area contributed by atoms with Crippen LogP contribution in [0, 0.1) is 6.92 Å². The van der Waals surface area contributed by atoms with Gasteiger partial charge in [-0.25, -0.2) is 0 Å². The third-order valence-electron chi connectivity index (χ3n) is 2.46. The van der Waals surface area contributed by atoms with Crippen molar-refractivity contribution in [2.45, 2.75) is 26.8 Å². The molecule has 2 heterocycles. The highest BCUT2D eigenvalue weighted by molar-refractivity contribution is 5.52. The molecule has 2 rings (SSSR count). The van der Waals surface area contributed by atoms with Crippen molar-refractivity contribution in [3.8, 4) is 11.5 Å². The zero-order valence-electron chi connectivity index (χ0n) is 10.3. The molecule has 0 bridgehead atoms. The molecule has 1 unspecified atom stereocenters. The van der Waals surface area contributed by atoms with Crippen molar-refractivity contribution < 1.29 is 4.42 Å². The average Bonchev–Trinajstić information content (AvgIpc) is 2.78. The molecule has 5 nitrogen and oxygen atoms in total. The van der Waals surface area contributed by atoms with Crippen molar-refractivity contribution in [3.05, 3.63) is 29.9 Å². The van der Waals surface area contributed by atoms with Crippen LogP contribution in [0.4, 0.5) is 0 Å². The summed E-state index contributed by atoms with van der Waals surface area (Å²) in [6, 6.07) is 3.86. The van der Waals surface area contributed by atoms with E-state index in [4.69, 9.17) is 4.42 Å². The molecule has 2 aromatic rings. The maximum absolute atomic E-state index is 5.63. The summed E-state index contributed by atoms with van der Waals surface area (Å²) < 4.78 is 5.63. The smallest absolute Gasteiger partial charge is 0.247 e. The molecule has 0 radical (unpaired) electrons. The van der Waals surface area contributed by atoms with Gasteiger partial charge in [-0.2, -0.15) is 0 Å². The zero-order valence-corrected chi connectivity index (χ0v) is 10.3. The number of nitrogens with one attached hydrogen (secondary N) is 1. The van der Waals surface area contributed by atoms with Gasteiger partial charge in [0.1, 0.15) is 0 Å². The summed E-state index contributed by atoms with van der Waals surface area (Å²) in [4.78, 5) is 4.13. The Morgan fingerprint density at radius 1 is 1.41 bits per heavy atom. The van der Waals surface area contributed by atoms with Gasteiger partial charge < -0.3 is 9.73 Å². The van der Waals surface area contributed by atoms with Gasteiger partial charge in [-0.1, -0.05) is 6.92 Å². The molecule has 0 fully saturated rings. The number of rotatable bonds is 4. The molecule has 0 aromatic carbocycles. The SMILES string of the molecule is CCNC(C)c1nnc(-c2ccnc(C)c2)o1. The van der Waals surface area contributed by atoms with E-state index in [1.54, 1.807) is 6.20 Å². The van der Waals surface area contributed by atoms with Gasteiger partial charge in [-0.15, -0.1) is 10.2 Å². The molecule has 17 heavy (non-hydrogen) atoms. The van der Waals surface area contributed by atoms with Crippen molar-refractivity contribution in [1.29, 1.82) is 0 Å². The lowest BCUT2D eigenvalue weighted by molar-refractivity contribution is 0.429. The second kappa shape index (κ2) is 5.05. The standard InChI is InChI=1S/C12H16N4O/c1-4-13-9(3)11-15-16-12(17-11)10-5-6-14-8(2)7-10/h5-7,9,13H,4H2,1-3H3. The normalized spacial score (nSPS) is 12.6. The number of hydrogen-bond donors (Lipinski definition) is 1. The van der Waals surface area contributed by atoms with E-state index in [1.165, 1.54) is 0 Å². The Kier molecular flexibility index (Phi) is 3.49. The summed E-state index contributed by atoms with van der Waals surface area (Å²) in [6.07, 6.45) is 1.74. The Bertz CT molecular complexity index is 495. The highest BCUT2D eigenvalue weighted by atomic mass is 16.4. The fourth-order valence-electron chi connectivity index (χ4n) is 1.60. The van der Waals surface area contributed by atoms with E-state index in [0.717, 1.165) is 17.8 Å². The predicted octanol–water partition coefficient (Wildman–Crippen LogP) is 2.11. The quantitative estimate of drug-likeness (QED) is 0.874. The number of nitrogens with zero attached hydrogens (tertiary/aromatic N) is 3. The average molecular weight is 232 g/mol. The maximum atomic E-state index is 5.63. The molecule has 0 aliphatic heterocycles. The molecule has 0 saturated carbocycles. The summed E-state index contributed by atoms with van der Waals surface area (Å²) >= 11 is 0. The minimum Gasteiger partial charge on any atom is -0.419 e. The Morgan fingerprint density at radius 2 is 2.24 bits per heavy atom. The number of aryl methyl sites for hydroxylation is 1. The van der Waals surface area contributed by atoms with Crippen LogP contribution in [-0.4, -0.2) is 21.7 Å². The number of aromatic nitrogens is 3. The maximum Gasteiger partial charge on any atom is 0.247 e. The van der Waals surface area contributed by atoms with Crippen LogP contribution in [0.5, 0.6) is 0 Å². The van der Waals surface area contributed by atoms with Crippen LogP contribution in [0.25, 0.3) is 11.5 Å². The van der Waals surface area contributed by atoms with Gasteiger partial charge in [0.25, 0.3) is 0 Å². The van der Waals surface area contributed by atoms with Crippen LogP contribution in [0.1, 0.15) is 31.5 Å². The van der Waals surface area contributed by atoms with Crippen LogP contribution in [-0.2, 0) is 0 Å². The van der Waals surface area contributed by atoms with Crippen LogP contribution >= 0.6 is 0 Å². The van der Waals surface area contributed by atoms with Gasteiger partial charge in [-0.3, -0.25) is 4.98 Å². The van der Waals surface area contributed by atoms with Crippen molar-refractivity contribution in [2.24, 2.45) is 0 Å². The lowest BCUT2D eigenvalue weighted by atomic mass is 10.2. The zero-order chi connectivity index (χ0) is 12.3. The second-order valence-corrected chi connectivity index (χ2v) is 3.91. The molecule has 0 spiro atoms. The first kappa shape index (κ1) is 11.7. The number of hydrogen-bond acceptors (Lipinski definition) is 5. The lowest BCUT2D eigenvalue weighted by Crippen LogP contribution is -2.17. The first-order chi connectivity index (χ1) is 8.20. The van der Waals surface area contributed by atoms with E-state index in [9.17, 15) is 0 Å². The Morgan fingerprint density at radius 3 is 2.94 bits per heavy atom. The fraction of sp³-hybridized carbons (Fsp3) is 0.417. The van der Waals surface area contributed by atoms with Gasteiger partial charge in [0.15, 0.2) is 0 Å². The molecule has 1 atom stereocenters. The van der Waals surface area contributed by atoms with Gasteiger partial charge in [0, 0.05) is 17.5 Å². The first-order valence-electron chi connectivity index (χ1n) is 5.70. The van der Waals surface area contributed by atoms with Crippen LogP contribution in [0.2, 0.25) is 0 Å². The summed E-state index contributed by atoms with van der Waals surface area (Å²) in [5, 5.41) is 11.3. The minimum absolute atomic E-state index is 0.0733. The Labute approximate surface area is 100 Å². The molecular formula is C12H16N4O. The fourth-order valence-corrected chi connectivity index (χ4v) is 1.60. The van der Waals surface area contributed by atoms with E-state index in [0.29, 0.717) is 11.8 Å². The predicted molar refractivity (Wildman–Crippen MR) is 64.4 cm³/mol. The molecule has 5 heteroatoms. The van der Waals surface area contributed by atoms with Crippen molar-refractivity contribution in [1.82, 2.24) is 20.5 Å². The van der Waals surface area contributed by atoms with Crippen LogP contribution in [0.15, 0.2) is 22.7 Å².